The minimum absolute atomic E-state index is 2.08. The van der Waals surface area contributed by atoms with Gasteiger partial charge in [0.25, 0.3) is 0 Å². The molecule has 0 nitrogen and oxygen atoms in total. The van der Waals surface area contributed by atoms with Crippen molar-refractivity contribution in [2.75, 3.05) is 0 Å². The van der Waals surface area contributed by atoms with Gasteiger partial charge in [0.05, 0.1) is 0 Å². The van der Waals surface area contributed by atoms with Crippen LogP contribution in [0.15, 0.2) is 0 Å². The Morgan fingerprint density at radius 1 is 1.00 bits per heavy atom. The molecular formula is B2Cl2F2. The number of halogens is 4. The van der Waals surface area contributed by atoms with Crippen molar-refractivity contribution in [2.45, 2.75) is 0 Å². The summed E-state index contributed by atoms with van der Waals surface area (Å²) in [5.41, 5.74) is 0. The Balaban J connectivity index is 2.99. The van der Waals surface area contributed by atoms with Crippen molar-refractivity contribution in [1.29, 1.82) is 0 Å². The predicted octanol–water partition coefficient (Wildman–Crippen LogP) is 1.46. The molecule has 0 heterocycles. The Morgan fingerprint density at radius 2 is 1.17 bits per heavy atom. The molecule has 0 aliphatic rings. The second kappa shape index (κ2) is 2.69. The van der Waals surface area contributed by atoms with Gasteiger partial charge in [-0.25, -0.2) is 0 Å². The van der Waals surface area contributed by atoms with Crippen LogP contribution in [0.3, 0.4) is 0 Å². The van der Waals surface area contributed by atoms with Gasteiger partial charge >= 0.3 is 12.6 Å². The first-order valence-electron chi connectivity index (χ1n) is 1.21. The minimum atomic E-state index is -2.08. The maximum atomic E-state index is 11.1. The average molecular weight is 131 g/mol. The lowest BCUT2D eigenvalue weighted by Crippen LogP contribution is -2.13. The summed E-state index contributed by atoms with van der Waals surface area (Å²) < 4.78 is 22.2. The van der Waals surface area contributed by atoms with Crippen LogP contribution in [-0.4, -0.2) is 12.6 Å². The molecule has 0 amide bonds. The molecule has 0 unspecified atom stereocenters. The van der Waals surface area contributed by atoms with Crippen LogP contribution in [0.5, 0.6) is 0 Å². The van der Waals surface area contributed by atoms with E-state index in [2.05, 4.69) is 22.9 Å². The van der Waals surface area contributed by atoms with Crippen LogP contribution < -0.4 is 0 Å². The van der Waals surface area contributed by atoms with Gasteiger partial charge in [-0.3, -0.25) is 0 Å². The summed E-state index contributed by atoms with van der Waals surface area (Å²) >= 11 is 8.88. The van der Waals surface area contributed by atoms with E-state index in [0.717, 1.165) is 0 Å². The van der Waals surface area contributed by atoms with Gasteiger partial charge in [0, 0.05) is 0 Å². The van der Waals surface area contributed by atoms with Crippen molar-refractivity contribution in [3.8, 4) is 0 Å². The van der Waals surface area contributed by atoms with Gasteiger partial charge in [-0.15, -0.1) is 0 Å². The fourth-order valence-electron chi connectivity index (χ4n) is 0. The molecule has 0 bridgehead atoms. The zero-order valence-electron chi connectivity index (χ0n) is 2.67. The van der Waals surface area contributed by atoms with Crippen molar-refractivity contribution in [2.24, 2.45) is 0 Å². The highest BCUT2D eigenvalue weighted by Gasteiger charge is 2.27. The molecule has 0 N–H and O–H groups in total. The van der Waals surface area contributed by atoms with Gasteiger partial charge in [-0.05, 0) is 0 Å². The van der Waals surface area contributed by atoms with E-state index >= 15 is 0 Å². The molecule has 6 heavy (non-hydrogen) atoms. The maximum absolute atomic E-state index is 11.1. The second-order valence-electron chi connectivity index (χ2n) is 0.669. The van der Waals surface area contributed by atoms with E-state index in [1.54, 1.807) is 0 Å². The van der Waals surface area contributed by atoms with Crippen molar-refractivity contribution >= 4 is 35.5 Å². The highest BCUT2D eigenvalue weighted by Crippen LogP contribution is 2.01. The molecule has 0 fully saturated rings. The third kappa shape index (κ3) is 2.79. The summed E-state index contributed by atoms with van der Waals surface area (Å²) in [7, 11) is 0. The number of hydrogen-bond acceptors (Lipinski definition) is 0. The third-order valence-electron chi connectivity index (χ3n) is 0.190. The van der Waals surface area contributed by atoms with Crippen LogP contribution >= 0.6 is 22.9 Å². The zero-order chi connectivity index (χ0) is 5.15. The van der Waals surface area contributed by atoms with E-state index in [-0.39, 0.29) is 0 Å². The Morgan fingerprint density at radius 3 is 1.17 bits per heavy atom. The lowest BCUT2D eigenvalue weighted by atomic mass is 9.67. The van der Waals surface area contributed by atoms with E-state index in [4.69, 9.17) is 0 Å². The van der Waals surface area contributed by atoms with E-state index in [0.29, 0.717) is 0 Å². The molecular weight excluding hydrogens is 131 g/mol. The number of hydrogen-bond donors (Lipinski definition) is 0. The molecule has 0 aromatic rings. The smallest absolute Gasteiger partial charge is 0.317 e. The van der Waals surface area contributed by atoms with Gasteiger partial charge in [-0.1, -0.05) is 0 Å². The quantitative estimate of drug-likeness (QED) is 0.472. The summed E-state index contributed by atoms with van der Waals surface area (Å²) in [4.78, 5) is 0. The van der Waals surface area contributed by atoms with Crippen molar-refractivity contribution < 1.29 is 8.63 Å². The molecule has 0 aromatic carbocycles. The predicted molar refractivity (Wildman–Crippen MR) is 25.4 cm³/mol. The Hall–Kier alpha value is 0.570. The van der Waals surface area contributed by atoms with Crippen LogP contribution in [0.2, 0.25) is 0 Å². The third-order valence-corrected chi connectivity index (χ3v) is 0.762. The number of rotatable bonds is 1. The average Bonchev–Trinajstić information content (AvgIpc) is 1.36. The molecule has 0 atom stereocenters. The topological polar surface area (TPSA) is 0 Å². The molecule has 0 saturated carbocycles. The maximum Gasteiger partial charge on any atom is 0.469 e. The summed E-state index contributed by atoms with van der Waals surface area (Å²) in [5.74, 6) is 0. The van der Waals surface area contributed by atoms with Gasteiger partial charge in [-0.2, -0.15) is 22.9 Å². The van der Waals surface area contributed by atoms with Crippen LogP contribution in [0.25, 0.3) is 0 Å². The van der Waals surface area contributed by atoms with Crippen LogP contribution in [-0.2, 0) is 0 Å². The van der Waals surface area contributed by atoms with E-state index in [1.165, 1.54) is 0 Å². The van der Waals surface area contributed by atoms with Crippen molar-refractivity contribution in [1.82, 2.24) is 0 Å². The summed E-state index contributed by atoms with van der Waals surface area (Å²) in [6.45, 7) is 0. The molecule has 0 radical (unpaired) electrons. The fraction of sp³-hybridized carbons (Fsp3) is 0. The van der Waals surface area contributed by atoms with E-state index in [1.807, 2.05) is 0 Å². The van der Waals surface area contributed by atoms with Gasteiger partial charge < -0.3 is 8.63 Å². The summed E-state index contributed by atoms with van der Waals surface area (Å²) in [6, 6.07) is 0. The summed E-state index contributed by atoms with van der Waals surface area (Å²) in [5, 5.41) is 0. The van der Waals surface area contributed by atoms with Crippen molar-refractivity contribution in [3.63, 3.8) is 0 Å². The van der Waals surface area contributed by atoms with E-state index < -0.39 is 12.6 Å². The molecule has 0 aliphatic carbocycles. The monoisotopic (exact) mass is 130 g/mol. The lowest BCUT2D eigenvalue weighted by molar-refractivity contribution is 0.838. The van der Waals surface area contributed by atoms with Crippen LogP contribution in [0, 0.1) is 0 Å². The molecule has 0 aromatic heterocycles. The zero-order valence-corrected chi connectivity index (χ0v) is 4.18. The van der Waals surface area contributed by atoms with Crippen LogP contribution in [0.4, 0.5) is 8.63 Å². The minimum Gasteiger partial charge on any atom is -0.317 e. The summed E-state index contributed by atoms with van der Waals surface area (Å²) in [6.07, 6.45) is -4.15. The van der Waals surface area contributed by atoms with Gasteiger partial charge in [0.1, 0.15) is 0 Å². The Bertz CT molecular complexity index is 30.5. The first-order chi connectivity index (χ1) is 2.64. The standard InChI is InChI=1S/B2Cl2F2/c3-1(5)2(4)6. The lowest BCUT2D eigenvalue weighted by Gasteiger charge is -1.81. The first-order valence-corrected chi connectivity index (χ1v) is 2.08. The molecule has 6 heteroatoms. The first kappa shape index (κ1) is 6.57. The second-order valence-corrected chi connectivity index (χ2v) is 1.50. The Labute approximate surface area is 44.9 Å². The van der Waals surface area contributed by atoms with Gasteiger partial charge in [0.2, 0.25) is 0 Å². The molecule has 34 valence electrons. The SMILES string of the molecule is FB(Cl)B(F)Cl. The molecule has 0 rings (SSSR count). The molecule has 0 aliphatic heterocycles. The van der Waals surface area contributed by atoms with Crippen LogP contribution in [0.1, 0.15) is 0 Å². The molecule has 0 saturated heterocycles. The highest BCUT2D eigenvalue weighted by atomic mass is 35.5. The molecule has 0 spiro atoms. The fourth-order valence-corrected chi connectivity index (χ4v) is 0. The Kier molecular flexibility index (Phi) is 2.95. The van der Waals surface area contributed by atoms with Crippen molar-refractivity contribution in [3.05, 3.63) is 0 Å². The van der Waals surface area contributed by atoms with E-state index in [9.17, 15) is 8.63 Å². The normalized spacial score (nSPS) is 8.00. The highest BCUT2D eigenvalue weighted by molar-refractivity contribution is 7.51. The van der Waals surface area contributed by atoms with Gasteiger partial charge in [0.15, 0.2) is 0 Å². The largest absolute Gasteiger partial charge is 0.469 e.